The predicted molar refractivity (Wildman–Crippen MR) is 66.6 cm³/mol. The van der Waals surface area contributed by atoms with Crippen molar-refractivity contribution in [3.8, 4) is 0 Å². The second-order valence-electron chi connectivity index (χ2n) is 4.75. The highest BCUT2D eigenvalue weighted by molar-refractivity contribution is 6.30. The number of nitrogens with one attached hydrogen (secondary N) is 1. The quantitative estimate of drug-likeness (QED) is 0.847. The molecule has 1 aromatic rings. The van der Waals surface area contributed by atoms with Crippen LogP contribution in [-0.2, 0) is 0 Å². The summed E-state index contributed by atoms with van der Waals surface area (Å²) in [4.78, 5) is 0. The van der Waals surface area contributed by atoms with Crippen molar-refractivity contribution >= 4 is 11.6 Å². The molecule has 88 valence electrons. The molecule has 2 rings (SSSR count). The lowest BCUT2D eigenvalue weighted by atomic mass is 9.82. The van der Waals surface area contributed by atoms with Gasteiger partial charge in [-0.25, -0.2) is 0 Å². The van der Waals surface area contributed by atoms with Crippen LogP contribution in [0.1, 0.15) is 31.4 Å². The molecular weight excluding hydrogens is 222 g/mol. The third-order valence-corrected chi connectivity index (χ3v) is 3.48. The molecular formula is C13H18ClNO. The maximum atomic E-state index is 9.94. The minimum Gasteiger partial charge on any atom is -0.387 e. The fourth-order valence-corrected chi connectivity index (χ4v) is 2.28. The van der Waals surface area contributed by atoms with Gasteiger partial charge < -0.3 is 10.4 Å². The van der Waals surface area contributed by atoms with E-state index in [9.17, 15) is 5.11 Å². The van der Waals surface area contributed by atoms with Crippen molar-refractivity contribution in [3.63, 3.8) is 0 Å². The lowest BCUT2D eigenvalue weighted by Gasteiger charge is -2.34. The van der Waals surface area contributed by atoms with Crippen LogP contribution in [0.5, 0.6) is 0 Å². The predicted octanol–water partition coefficient (Wildman–Crippen LogP) is 2.76. The molecule has 0 amide bonds. The molecule has 2 N–H and O–H groups in total. The zero-order valence-corrected chi connectivity index (χ0v) is 10.2. The maximum absolute atomic E-state index is 9.94. The van der Waals surface area contributed by atoms with Crippen LogP contribution in [0.4, 0.5) is 0 Å². The highest BCUT2D eigenvalue weighted by Crippen LogP contribution is 2.26. The van der Waals surface area contributed by atoms with Gasteiger partial charge in [-0.3, -0.25) is 0 Å². The summed E-state index contributed by atoms with van der Waals surface area (Å²) in [5, 5.41) is 14.0. The van der Waals surface area contributed by atoms with Crippen LogP contribution in [-0.4, -0.2) is 17.7 Å². The van der Waals surface area contributed by atoms with Crippen LogP contribution >= 0.6 is 11.6 Å². The fourth-order valence-electron chi connectivity index (χ4n) is 2.15. The van der Waals surface area contributed by atoms with Gasteiger partial charge in [0, 0.05) is 17.6 Å². The number of aliphatic hydroxyl groups excluding tert-OH is 1. The Morgan fingerprint density at radius 3 is 2.56 bits per heavy atom. The average molecular weight is 240 g/mol. The second-order valence-corrected chi connectivity index (χ2v) is 5.19. The molecule has 0 radical (unpaired) electrons. The number of rotatable bonds is 4. The molecule has 0 spiro atoms. The third-order valence-electron chi connectivity index (χ3n) is 3.23. The Bertz CT molecular complexity index is 332. The van der Waals surface area contributed by atoms with Gasteiger partial charge in [-0.05, 0) is 36.5 Å². The molecule has 1 saturated carbocycles. The van der Waals surface area contributed by atoms with Crippen molar-refractivity contribution < 1.29 is 5.11 Å². The molecule has 1 aliphatic carbocycles. The molecule has 2 nitrogen and oxygen atoms in total. The lowest BCUT2D eigenvalue weighted by Crippen LogP contribution is -2.41. The van der Waals surface area contributed by atoms with E-state index in [1.807, 2.05) is 24.3 Å². The van der Waals surface area contributed by atoms with E-state index in [1.54, 1.807) is 0 Å². The summed E-state index contributed by atoms with van der Waals surface area (Å²) in [5.41, 5.74) is 0.921. The van der Waals surface area contributed by atoms with Crippen molar-refractivity contribution in [1.29, 1.82) is 0 Å². The van der Waals surface area contributed by atoms with Gasteiger partial charge in [0.2, 0.25) is 0 Å². The SMILES string of the molecule is CC1CC(NCC(O)c2ccc(Cl)cc2)C1. The van der Waals surface area contributed by atoms with Crippen LogP contribution in [0.3, 0.4) is 0 Å². The van der Waals surface area contributed by atoms with E-state index < -0.39 is 6.10 Å². The van der Waals surface area contributed by atoms with Gasteiger partial charge in [0.1, 0.15) is 0 Å². The molecule has 1 fully saturated rings. The summed E-state index contributed by atoms with van der Waals surface area (Å²) in [5.74, 6) is 0.838. The molecule has 1 aliphatic rings. The molecule has 0 saturated heterocycles. The Kier molecular flexibility index (Phi) is 3.85. The minimum absolute atomic E-state index is 0.437. The number of benzene rings is 1. The minimum atomic E-state index is -0.437. The van der Waals surface area contributed by atoms with Gasteiger partial charge in [0.25, 0.3) is 0 Å². The van der Waals surface area contributed by atoms with Gasteiger partial charge in [-0.1, -0.05) is 30.7 Å². The molecule has 16 heavy (non-hydrogen) atoms. The van der Waals surface area contributed by atoms with Crippen LogP contribution < -0.4 is 5.32 Å². The van der Waals surface area contributed by atoms with Crippen molar-refractivity contribution in [1.82, 2.24) is 5.32 Å². The number of hydrogen-bond donors (Lipinski definition) is 2. The van der Waals surface area contributed by atoms with E-state index in [-0.39, 0.29) is 0 Å². The Labute approximate surface area is 102 Å². The molecule has 1 atom stereocenters. The molecule has 3 heteroatoms. The van der Waals surface area contributed by atoms with E-state index in [0.717, 1.165) is 11.5 Å². The molecule has 1 aromatic carbocycles. The van der Waals surface area contributed by atoms with Gasteiger partial charge in [-0.2, -0.15) is 0 Å². The molecule has 0 aliphatic heterocycles. The Morgan fingerprint density at radius 1 is 1.38 bits per heavy atom. The Morgan fingerprint density at radius 2 is 2.00 bits per heavy atom. The van der Waals surface area contributed by atoms with Crippen molar-refractivity contribution in [3.05, 3.63) is 34.9 Å². The lowest BCUT2D eigenvalue weighted by molar-refractivity contribution is 0.150. The summed E-state index contributed by atoms with van der Waals surface area (Å²) < 4.78 is 0. The molecule has 1 unspecified atom stereocenters. The number of hydrogen-bond acceptors (Lipinski definition) is 2. The van der Waals surface area contributed by atoms with Crippen molar-refractivity contribution in [2.45, 2.75) is 31.9 Å². The van der Waals surface area contributed by atoms with Crippen LogP contribution in [0.2, 0.25) is 5.02 Å². The van der Waals surface area contributed by atoms with Crippen LogP contribution in [0, 0.1) is 5.92 Å². The third kappa shape index (κ3) is 2.97. The highest BCUT2D eigenvalue weighted by atomic mass is 35.5. The molecule has 0 aromatic heterocycles. The largest absolute Gasteiger partial charge is 0.387 e. The fraction of sp³-hybridized carbons (Fsp3) is 0.538. The topological polar surface area (TPSA) is 32.3 Å². The normalized spacial score (nSPS) is 26.2. The Hall–Kier alpha value is -0.570. The first-order valence-electron chi connectivity index (χ1n) is 5.82. The van der Waals surface area contributed by atoms with E-state index in [4.69, 9.17) is 11.6 Å². The van der Waals surface area contributed by atoms with Crippen LogP contribution in [0.15, 0.2) is 24.3 Å². The summed E-state index contributed by atoms with van der Waals surface area (Å²) >= 11 is 5.79. The Balaban J connectivity index is 1.79. The first-order chi connectivity index (χ1) is 7.65. The van der Waals surface area contributed by atoms with E-state index in [2.05, 4.69) is 12.2 Å². The van der Waals surface area contributed by atoms with Crippen molar-refractivity contribution in [2.75, 3.05) is 6.54 Å². The van der Waals surface area contributed by atoms with E-state index >= 15 is 0 Å². The first kappa shape index (κ1) is 11.9. The van der Waals surface area contributed by atoms with Gasteiger partial charge in [0.15, 0.2) is 0 Å². The highest BCUT2D eigenvalue weighted by Gasteiger charge is 2.25. The second kappa shape index (κ2) is 5.17. The molecule has 0 bridgehead atoms. The monoisotopic (exact) mass is 239 g/mol. The summed E-state index contributed by atoms with van der Waals surface area (Å²) in [7, 11) is 0. The van der Waals surface area contributed by atoms with E-state index in [0.29, 0.717) is 17.6 Å². The summed E-state index contributed by atoms with van der Waals surface area (Å²) in [6, 6.07) is 7.96. The molecule has 0 heterocycles. The number of halogens is 1. The van der Waals surface area contributed by atoms with Gasteiger partial charge >= 0.3 is 0 Å². The standard InChI is InChI=1S/C13H18ClNO/c1-9-6-12(7-9)15-8-13(16)10-2-4-11(14)5-3-10/h2-5,9,12-13,15-16H,6-8H2,1H3. The number of aliphatic hydroxyl groups is 1. The van der Waals surface area contributed by atoms with Crippen LogP contribution in [0.25, 0.3) is 0 Å². The average Bonchev–Trinajstić information content (AvgIpc) is 2.23. The zero-order chi connectivity index (χ0) is 11.5. The zero-order valence-electron chi connectivity index (χ0n) is 9.49. The summed E-state index contributed by atoms with van der Waals surface area (Å²) in [6.07, 6.45) is 2.02. The van der Waals surface area contributed by atoms with Crippen molar-refractivity contribution in [2.24, 2.45) is 5.92 Å². The smallest absolute Gasteiger partial charge is 0.0914 e. The summed E-state index contributed by atoms with van der Waals surface area (Å²) in [6.45, 7) is 2.88. The van der Waals surface area contributed by atoms with Gasteiger partial charge in [-0.15, -0.1) is 0 Å². The van der Waals surface area contributed by atoms with E-state index in [1.165, 1.54) is 12.8 Å². The first-order valence-corrected chi connectivity index (χ1v) is 6.20. The van der Waals surface area contributed by atoms with Gasteiger partial charge in [0.05, 0.1) is 6.10 Å². The maximum Gasteiger partial charge on any atom is 0.0914 e.